The second kappa shape index (κ2) is 7.31. The Balaban J connectivity index is 2.22. The van der Waals surface area contributed by atoms with Crippen LogP contribution in [0.25, 0.3) is 0 Å². The van der Waals surface area contributed by atoms with Gasteiger partial charge in [-0.05, 0) is 34.1 Å². The number of hydrogen-bond acceptors (Lipinski definition) is 4. The molecule has 0 atom stereocenters. The molecule has 4 nitrogen and oxygen atoms in total. The maximum Gasteiger partial charge on any atom is 0.219 e. The molecule has 0 aliphatic rings. The molecule has 1 N–H and O–H groups in total. The number of halogens is 3. The Morgan fingerprint density at radius 2 is 2.10 bits per heavy atom. The van der Waals surface area contributed by atoms with E-state index in [0.717, 1.165) is 4.47 Å². The van der Waals surface area contributed by atoms with Gasteiger partial charge < -0.3 is 14.6 Å². The molecule has 0 aliphatic carbocycles. The van der Waals surface area contributed by atoms with Crippen molar-refractivity contribution in [1.29, 1.82) is 0 Å². The quantitative estimate of drug-likeness (QED) is 0.827. The summed E-state index contributed by atoms with van der Waals surface area (Å²) < 4.78 is 11.5. The zero-order valence-corrected chi connectivity index (χ0v) is 14.2. The van der Waals surface area contributed by atoms with Crippen molar-refractivity contribution in [2.75, 3.05) is 7.11 Å². The molecular formula is C14H12BrCl2NO3. The molecular weight excluding hydrogens is 381 g/mol. The third-order valence-corrected chi connectivity index (χ3v) is 4.34. The number of methoxy groups -OCH3 is 1. The van der Waals surface area contributed by atoms with E-state index in [0.29, 0.717) is 32.9 Å². The van der Waals surface area contributed by atoms with Gasteiger partial charge in [0.25, 0.3) is 0 Å². The largest absolute Gasteiger partial charge is 0.486 e. The number of benzene rings is 1. The predicted molar refractivity (Wildman–Crippen MR) is 85.2 cm³/mol. The highest BCUT2D eigenvalue weighted by Gasteiger charge is 2.12. The van der Waals surface area contributed by atoms with Crippen LogP contribution < -0.4 is 9.47 Å². The number of aromatic nitrogens is 1. The molecule has 112 valence electrons. The molecule has 2 aromatic rings. The van der Waals surface area contributed by atoms with Gasteiger partial charge in [0.15, 0.2) is 0 Å². The van der Waals surface area contributed by atoms with Gasteiger partial charge in [0.2, 0.25) is 5.88 Å². The molecule has 0 saturated carbocycles. The molecule has 0 spiro atoms. The second-order valence-electron chi connectivity index (χ2n) is 4.08. The lowest BCUT2D eigenvalue weighted by Gasteiger charge is -2.12. The Morgan fingerprint density at radius 3 is 2.76 bits per heavy atom. The number of aliphatic hydroxyl groups excluding tert-OH is 1. The van der Waals surface area contributed by atoms with Crippen LogP contribution in [0.2, 0.25) is 10.0 Å². The summed E-state index contributed by atoms with van der Waals surface area (Å²) in [7, 11) is 1.48. The first-order valence-electron chi connectivity index (χ1n) is 5.96. The average Bonchev–Trinajstić information content (AvgIpc) is 2.49. The highest BCUT2D eigenvalue weighted by atomic mass is 79.9. The minimum atomic E-state index is -0.200. The molecule has 1 aromatic heterocycles. The highest BCUT2D eigenvalue weighted by Crippen LogP contribution is 2.33. The third-order valence-electron chi connectivity index (χ3n) is 2.73. The van der Waals surface area contributed by atoms with Crippen molar-refractivity contribution in [2.24, 2.45) is 0 Å². The van der Waals surface area contributed by atoms with Gasteiger partial charge in [-0.1, -0.05) is 29.3 Å². The number of rotatable bonds is 5. The van der Waals surface area contributed by atoms with E-state index in [1.165, 1.54) is 7.11 Å². The van der Waals surface area contributed by atoms with Crippen molar-refractivity contribution in [3.63, 3.8) is 0 Å². The molecule has 1 heterocycles. The maximum absolute atomic E-state index is 9.21. The van der Waals surface area contributed by atoms with Crippen molar-refractivity contribution in [3.05, 3.63) is 50.0 Å². The van der Waals surface area contributed by atoms with Crippen molar-refractivity contribution in [3.8, 4) is 11.6 Å². The molecule has 21 heavy (non-hydrogen) atoms. The third kappa shape index (κ3) is 3.80. The van der Waals surface area contributed by atoms with E-state index < -0.39 is 0 Å². The Bertz CT molecular complexity index is 652. The van der Waals surface area contributed by atoms with Gasteiger partial charge in [-0.2, -0.15) is 0 Å². The fourth-order valence-corrected chi connectivity index (χ4v) is 2.44. The summed E-state index contributed by atoms with van der Waals surface area (Å²) in [6.45, 7) is -0.0639. The van der Waals surface area contributed by atoms with Crippen LogP contribution in [-0.4, -0.2) is 17.2 Å². The highest BCUT2D eigenvalue weighted by molar-refractivity contribution is 9.10. The number of nitrogens with zero attached hydrogens (tertiary/aromatic N) is 1. The van der Waals surface area contributed by atoms with E-state index in [-0.39, 0.29) is 13.2 Å². The number of pyridine rings is 1. The minimum absolute atomic E-state index is 0.136. The van der Waals surface area contributed by atoms with E-state index in [1.807, 2.05) is 12.1 Å². The Morgan fingerprint density at radius 1 is 1.33 bits per heavy atom. The second-order valence-corrected chi connectivity index (χ2v) is 5.72. The smallest absolute Gasteiger partial charge is 0.219 e. The molecule has 1 aromatic carbocycles. The van der Waals surface area contributed by atoms with E-state index >= 15 is 0 Å². The summed E-state index contributed by atoms with van der Waals surface area (Å²) in [6.07, 6.45) is 0. The molecule has 0 fully saturated rings. The zero-order chi connectivity index (χ0) is 15.4. The molecule has 0 aliphatic heterocycles. The van der Waals surface area contributed by atoms with Gasteiger partial charge in [-0.15, -0.1) is 0 Å². The zero-order valence-electron chi connectivity index (χ0n) is 11.1. The van der Waals surface area contributed by atoms with Crippen LogP contribution in [0, 0.1) is 0 Å². The average molecular weight is 393 g/mol. The molecule has 0 saturated heterocycles. The summed E-state index contributed by atoms with van der Waals surface area (Å²) in [5.74, 6) is 0.843. The molecule has 0 bridgehead atoms. The van der Waals surface area contributed by atoms with E-state index in [4.69, 9.17) is 32.7 Å². The van der Waals surface area contributed by atoms with E-state index in [9.17, 15) is 5.11 Å². The maximum atomic E-state index is 9.21. The van der Waals surface area contributed by atoms with Crippen LogP contribution in [0.4, 0.5) is 0 Å². The van der Waals surface area contributed by atoms with Crippen molar-refractivity contribution in [1.82, 2.24) is 4.98 Å². The van der Waals surface area contributed by atoms with Crippen LogP contribution in [0.3, 0.4) is 0 Å². The molecule has 7 heteroatoms. The SMILES string of the molecule is COc1nc(COc2cccc(Br)c2Cl)c(Cl)cc1CO. The lowest BCUT2D eigenvalue weighted by Crippen LogP contribution is -2.04. The van der Waals surface area contributed by atoms with Gasteiger partial charge in [0.1, 0.15) is 18.1 Å². The Hall–Kier alpha value is -1.01. The van der Waals surface area contributed by atoms with Crippen LogP contribution in [0.5, 0.6) is 11.6 Å². The lowest BCUT2D eigenvalue weighted by atomic mass is 10.2. The van der Waals surface area contributed by atoms with Crippen LogP contribution in [0.1, 0.15) is 11.3 Å². The first kappa shape index (κ1) is 16.4. The summed E-state index contributed by atoms with van der Waals surface area (Å²) >= 11 is 15.6. The van der Waals surface area contributed by atoms with Gasteiger partial charge in [-0.25, -0.2) is 4.98 Å². The van der Waals surface area contributed by atoms with Crippen LogP contribution in [-0.2, 0) is 13.2 Å². The molecule has 0 amide bonds. The van der Waals surface area contributed by atoms with Crippen molar-refractivity contribution < 1.29 is 14.6 Å². The molecule has 0 radical (unpaired) electrons. The minimum Gasteiger partial charge on any atom is -0.486 e. The number of hydrogen-bond donors (Lipinski definition) is 1. The van der Waals surface area contributed by atoms with E-state index in [1.54, 1.807) is 12.1 Å². The Kier molecular flexibility index (Phi) is 5.70. The van der Waals surface area contributed by atoms with Gasteiger partial charge >= 0.3 is 0 Å². The fraction of sp³-hybridized carbons (Fsp3) is 0.214. The summed E-state index contributed by atoms with van der Waals surface area (Å²) in [6, 6.07) is 6.99. The van der Waals surface area contributed by atoms with E-state index in [2.05, 4.69) is 20.9 Å². The van der Waals surface area contributed by atoms with Gasteiger partial charge in [-0.3, -0.25) is 0 Å². The first-order chi connectivity index (χ1) is 10.1. The monoisotopic (exact) mass is 391 g/mol. The summed E-state index contributed by atoms with van der Waals surface area (Å²) in [5.41, 5.74) is 1.02. The standard InChI is InChI=1S/C14H12BrCl2NO3/c1-20-14-8(6-19)5-10(16)11(18-14)7-21-12-4-2-3-9(15)13(12)17/h2-5,19H,6-7H2,1H3. The number of aliphatic hydroxyl groups is 1. The summed E-state index contributed by atoms with van der Waals surface area (Å²) in [4.78, 5) is 4.23. The van der Waals surface area contributed by atoms with Gasteiger partial charge in [0, 0.05) is 10.0 Å². The normalized spacial score (nSPS) is 10.5. The fourth-order valence-electron chi connectivity index (χ4n) is 1.68. The number of ether oxygens (including phenoxy) is 2. The van der Waals surface area contributed by atoms with Crippen LogP contribution in [0.15, 0.2) is 28.7 Å². The van der Waals surface area contributed by atoms with Crippen molar-refractivity contribution in [2.45, 2.75) is 13.2 Å². The topological polar surface area (TPSA) is 51.6 Å². The Labute approximate surface area is 140 Å². The van der Waals surface area contributed by atoms with Gasteiger partial charge in [0.05, 0.1) is 23.8 Å². The summed E-state index contributed by atoms with van der Waals surface area (Å²) in [5, 5.41) is 10.1. The lowest BCUT2D eigenvalue weighted by molar-refractivity contribution is 0.268. The molecule has 0 unspecified atom stereocenters. The first-order valence-corrected chi connectivity index (χ1v) is 7.51. The molecule has 2 rings (SSSR count). The van der Waals surface area contributed by atoms with Crippen LogP contribution >= 0.6 is 39.1 Å². The van der Waals surface area contributed by atoms with Crippen molar-refractivity contribution >= 4 is 39.1 Å². The predicted octanol–water partition coefficient (Wildman–Crippen LogP) is 4.23.